The summed E-state index contributed by atoms with van der Waals surface area (Å²) in [4.78, 5) is 11.6. The van der Waals surface area contributed by atoms with Crippen molar-refractivity contribution in [2.24, 2.45) is 5.92 Å². The predicted molar refractivity (Wildman–Crippen MR) is 92.8 cm³/mol. The SMILES string of the molecule is CCCC1CCC(c2ccc(OC(C)C(=O)OCC)cc2)CC1. The molecule has 0 heterocycles. The molecule has 1 aromatic carbocycles. The second kappa shape index (κ2) is 8.95. The number of benzene rings is 1. The summed E-state index contributed by atoms with van der Waals surface area (Å²) in [6.07, 6.45) is 7.43. The van der Waals surface area contributed by atoms with Crippen molar-refractivity contribution < 1.29 is 14.3 Å². The smallest absolute Gasteiger partial charge is 0.347 e. The molecule has 3 nitrogen and oxygen atoms in total. The molecule has 1 saturated carbocycles. The fourth-order valence-electron chi connectivity index (χ4n) is 3.52. The third kappa shape index (κ3) is 5.26. The molecule has 0 N–H and O–H groups in total. The Morgan fingerprint density at radius 1 is 1.13 bits per heavy atom. The molecule has 23 heavy (non-hydrogen) atoms. The summed E-state index contributed by atoms with van der Waals surface area (Å²) in [5.74, 6) is 2.03. The van der Waals surface area contributed by atoms with Crippen LogP contribution in [0.15, 0.2) is 24.3 Å². The molecule has 1 atom stereocenters. The first-order valence-corrected chi connectivity index (χ1v) is 9.07. The van der Waals surface area contributed by atoms with Gasteiger partial charge < -0.3 is 9.47 Å². The van der Waals surface area contributed by atoms with Crippen LogP contribution in [0.1, 0.15) is 70.8 Å². The van der Waals surface area contributed by atoms with Gasteiger partial charge in [-0.15, -0.1) is 0 Å². The van der Waals surface area contributed by atoms with Gasteiger partial charge in [-0.1, -0.05) is 31.9 Å². The minimum atomic E-state index is -0.565. The van der Waals surface area contributed by atoms with E-state index in [-0.39, 0.29) is 5.97 Å². The Bertz CT molecular complexity index is 472. The monoisotopic (exact) mass is 318 g/mol. The van der Waals surface area contributed by atoms with Gasteiger partial charge >= 0.3 is 5.97 Å². The van der Waals surface area contributed by atoms with Crippen molar-refractivity contribution in [2.75, 3.05) is 6.61 Å². The summed E-state index contributed by atoms with van der Waals surface area (Å²) in [6, 6.07) is 8.25. The summed E-state index contributed by atoms with van der Waals surface area (Å²) < 4.78 is 10.6. The summed E-state index contributed by atoms with van der Waals surface area (Å²) in [7, 11) is 0. The maximum absolute atomic E-state index is 11.6. The first kappa shape index (κ1) is 17.8. The molecule has 1 fully saturated rings. The van der Waals surface area contributed by atoms with Crippen molar-refractivity contribution in [3.05, 3.63) is 29.8 Å². The number of esters is 1. The highest BCUT2D eigenvalue weighted by molar-refractivity contribution is 5.74. The van der Waals surface area contributed by atoms with Crippen LogP contribution in [0.5, 0.6) is 5.75 Å². The lowest BCUT2D eigenvalue weighted by Gasteiger charge is -2.28. The Balaban J connectivity index is 1.86. The van der Waals surface area contributed by atoms with Crippen LogP contribution < -0.4 is 4.74 Å². The van der Waals surface area contributed by atoms with Crippen LogP contribution in [-0.4, -0.2) is 18.7 Å². The van der Waals surface area contributed by atoms with Gasteiger partial charge in [-0.3, -0.25) is 0 Å². The molecule has 0 aliphatic heterocycles. The lowest BCUT2D eigenvalue weighted by Crippen LogP contribution is -2.26. The van der Waals surface area contributed by atoms with Crippen LogP contribution in [0.4, 0.5) is 0 Å². The van der Waals surface area contributed by atoms with E-state index >= 15 is 0 Å². The molecule has 128 valence electrons. The van der Waals surface area contributed by atoms with Crippen LogP contribution in [0, 0.1) is 5.92 Å². The van der Waals surface area contributed by atoms with E-state index in [4.69, 9.17) is 9.47 Å². The fraction of sp³-hybridized carbons (Fsp3) is 0.650. The average molecular weight is 318 g/mol. The summed E-state index contributed by atoms with van der Waals surface area (Å²) in [6.45, 7) is 6.18. The number of hydrogen-bond donors (Lipinski definition) is 0. The van der Waals surface area contributed by atoms with Crippen LogP contribution in [0.25, 0.3) is 0 Å². The van der Waals surface area contributed by atoms with E-state index in [2.05, 4.69) is 19.1 Å². The van der Waals surface area contributed by atoms with Gasteiger partial charge in [0.25, 0.3) is 0 Å². The minimum absolute atomic E-state index is 0.314. The molecule has 0 aromatic heterocycles. The third-order valence-electron chi connectivity index (χ3n) is 4.83. The van der Waals surface area contributed by atoms with E-state index < -0.39 is 6.10 Å². The molecule has 2 rings (SSSR count). The predicted octanol–water partition coefficient (Wildman–Crippen LogP) is 5.09. The van der Waals surface area contributed by atoms with Crippen molar-refractivity contribution in [3.63, 3.8) is 0 Å². The van der Waals surface area contributed by atoms with Gasteiger partial charge in [0, 0.05) is 0 Å². The van der Waals surface area contributed by atoms with Gasteiger partial charge in [0.2, 0.25) is 0 Å². The van der Waals surface area contributed by atoms with Crippen LogP contribution >= 0.6 is 0 Å². The highest BCUT2D eigenvalue weighted by Gasteiger charge is 2.22. The van der Waals surface area contributed by atoms with Crippen LogP contribution in [0.2, 0.25) is 0 Å². The minimum Gasteiger partial charge on any atom is -0.479 e. The highest BCUT2D eigenvalue weighted by atomic mass is 16.6. The third-order valence-corrected chi connectivity index (χ3v) is 4.83. The zero-order chi connectivity index (χ0) is 16.7. The van der Waals surface area contributed by atoms with Gasteiger partial charge in [-0.25, -0.2) is 4.79 Å². The standard InChI is InChI=1S/C20H30O3/c1-4-6-16-7-9-17(10-8-16)18-11-13-19(14-12-18)23-15(3)20(21)22-5-2/h11-17H,4-10H2,1-3H3. The topological polar surface area (TPSA) is 35.5 Å². The van der Waals surface area contributed by atoms with E-state index in [9.17, 15) is 4.79 Å². The first-order chi connectivity index (χ1) is 11.1. The number of carbonyl (C=O) groups is 1. The molecular formula is C20H30O3. The van der Waals surface area contributed by atoms with Gasteiger partial charge in [-0.2, -0.15) is 0 Å². The molecule has 0 saturated heterocycles. The Kier molecular flexibility index (Phi) is 6.94. The molecule has 1 unspecified atom stereocenters. The molecule has 3 heteroatoms. The molecule has 0 spiro atoms. The van der Waals surface area contributed by atoms with Crippen molar-refractivity contribution in [3.8, 4) is 5.75 Å². The molecule has 1 aliphatic carbocycles. The number of carbonyl (C=O) groups excluding carboxylic acids is 1. The van der Waals surface area contributed by atoms with Crippen molar-refractivity contribution in [1.29, 1.82) is 0 Å². The Labute approximate surface area is 140 Å². The quantitative estimate of drug-likeness (QED) is 0.657. The molecular weight excluding hydrogens is 288 g/mol. The van der Waals surface area contributed by atoms with E-state index in [0.717, 1.165) is 11.7 Å². The summed E-state index contributed by atoms with van der Waals surface area (Å²) >= 11 is 0. The van der Waals surface area contributed by atoms with E-state index in [1.165, 1.54) is 44.1 Å². The summed E-state index contributed by atoms with van der Waals surface area (Å²) in [5.41, 5.74) is 1.40. The normalized spacial score (nSPS) is 22.4. The average Bonchev–Trinajstić information content (AvgIpc) is 2.57. The molecule has 0 amide bonds. The lowest BCUT2D eigenvalue weighted by atomic mass is 9.77. The first-order valence-electron chi connectivity index (χ1n) is 9.07. The van der Waals surface area contributed by atoms with Crippen molar-refractivity contribution in [1.82, 2.24) is 0 Å². The maximum Gasteiger partial charge on any atom is 0.347 e. The number of rotatable bonds is 7. The second-order valence-corrected chi connectivity index (χ2v) is 6.59. The Hall–Kier alpha value is -1.51. The second-order valence-electron chi connectivity index (χ2n) is 6.59. The molecule has 1 aromatic rings. The lowest BCUT2D eigenvalue weighted by molar-refractivity contribution is -0.150. The van der Waals surface area contributed by atoms with Crippen molar-refractivity contribution in [2.45, 2.75) is 71.3 Å². The fourth-order valence-corrected chi connectivity index (χ4v) is 3.52. The Morgan fingerprint density at radius 2 is 1.78 bits per heavy atom. The zero-order valence-electron chi connectivity index (χ0n) is 14.7. The van der Waals surface area contributed by atoms with Gasteiger partial charge in [-0.05, 0) is 69.1 Å². The van der Waals surface area contributed by atoms with Crippen molar-refractivity contribution >= 4 is 5.97 Å². The van der Waals surface area contributed by atoms with Gasteiger partial charge in [0.15, 0.2) is 6.10 Å². The van der Waals surface area contributed by atoms with E-state index in [0.29, 0.717) is 12.5 Å². The maximum atomic E-state index is 11.6. The van der Waals surface area contributed by atoms with Gasteiger partial charge in [0.05, 0.1) is 6.61 Å². The summed E-state index contributed by atoms with van der Waals surface area (Å²) in [5, 5.41) is 0. The molecule has 1 aliphatic rings. The molecule has 0 radical (unpaired) electrons. The largest absolute Gasteiger partial charge is 0.479 e. The molecule has 0 bridgehead atoms. The Morgan fingerprint density at radius 3 is 2.35 bits per heavy atom. The number of hydrogen-bond acceptors (Lipinski definition) is 3. The number of ether oxygens (including phenoxy) is 2. The van der Waals surface area contributed by atoms with E-state index in [1.807, 2.05) is 12.1 Å². The van der Waals surface area contributed by atoms with E-state index in [1.54, 1.807) is 13.8 Å². The van der Waals surface area contributed by atoms with Crippen LogP contribution in [0.3, 0.4) is 0 Å². The van der Waals surface area contributed by atoms with Gasteiger partial charge in [0.1, 0.15) is 5.75 Å². The highest BCUT2D eigenvalue weighted by Crippen LogP contribution is 2.37. The van der Waals surface area contributed by atoms with Crippen LogP contribution in [-0.2, 0) is 9.53 Å². The zero-order valence-corrected chi connectivity index (χ0v) is 14.7.